The molecule has 1 aromatic carbocycles. The third kappa shape index (κ3) is 3.26. The zero-order chi connectivity index (χ0) is 20.6. The number of aryl methyl sites for hydroxylation is 3. The number of hydrogen-bond acceptors (Lipinski definition) is 4. The molecule has 3 N–H and O–H groups in total. The Hall–Kier alpha value is -2.80. The number of nitrogens with two attached hydrogens (primary N) is 1. The minimum atomic E-state index is -0.536. The summed E-state index contributed by atoms with van der Waals surface area (Å²) in [7, 11) is 0. The van der Waals surface area contributed by atoms with E-state index in [9.17, 15) is 9.59 Å². The van der Waals surface area contributed by atoms with Gasteiger partial charge in [-0.15, -0.1) is 11.3 Å². The van der Waals surface area contributed by atoms with Crippen molar-refractivity contribution in [1.29, 1.82) is 0 Å². The zero-order valence-corrected chi connectivity index (χ0v) is 17.6. The molecular formula is C21H25N3O3S. The normalized spacial score (nSPS) is 11.0. The largest absolute Gasteiger partial charge is 0.494 e. The lowest BCUT2D eigenvalue weighted by molar-refractivity contribution is 0.100. The number of aromatic nitrogens is 1. The van der Waals surface area contributed by atoms with Gasteiger partial charge >= 0.3 is 0 Å². The maximum absolute atomic E-state index is 13.2. The standard InChI is InChI=1S/C21H25N3O3S/c1-6-24-16-9-8-14(27-7-2)10-15(16)12(4)18(24)20(26)23-21-17(19(22)25)11(3)13(5)28-21/h8-10H,6-7H2,1-5H3,(H2,22,25)(H,23,26). The average Bonchev–Trinajstić information content (AvgIpc) is 3.08. The van der Waals surface area contributed by atoms with E-state index in [-0.39, 0.29) is 5.91 Å². The van der Waals surface area contributed by atoms with E-state index in [0.717, 1.165) is 32.7 Å². The summed E-state index contributed by atoms with van der Waals surface area (Å²) < 4.78 is 7.59. The third-order valence-corrected chi connectivity index (χ3v) is 6.11. The maximum atomic E-state index is 13.2. The van der Waals surface area contributed by atoms with Gasteiger partial charge in [0.15, 0.2) is 0 Å². The van der Waals surface area contributed by atoms with Gasteiger partial charge in [-0.2, -0.15) is 0 Å². The topological polar surface area (TPSA) is 86.3 Å². The minimum Gasteiger partial charge on any atom is -0.494 e. The average molecular weight is 400 g/mol. The van der Waals surface area contributed by atoms with Crippen molar-refractivity contribution in [3.05, 3.63) is 45.5 Å². The quantitative estimate of drug-likeness (QED) is 0.644. The first kappa shape index (κ1) is 19.9. The van der Waals surface area contributed by atoms with Crippen LogP contribution in [-0.2, 0) is 6.54 Å². The lowest BCUT2D eigenvalue weighted by atomic mass is 10.1. The number of anilines is 1. The molecule has 2 aromatic heterocycles. The van der Waals surface area contributed by atoms with Crippen LogP contribution in [0.1, 0.15) is 50.7 Å². The third-order valence-electron chi connectivity index (χ3n) is 4.99. The molecule has 3 aromatic rings. The van der Waals surface area contributed by atoms with Crippen molar-refractivity contribution in [1.82, 2.24) is 4.57 Å². The maximum Gasteiger partial charge on any atom is 0.273 e. The van der Waals surface area contributed by atoms with E-state index in [2.05, 4.69) is 5.32 Å². The van der Waals surface area contributed by atoms with Gasteiger partial charge in [0.25, 0.3) is 11.8 Å². The Balaban J connectivity index is 2.08. The summed E-state index contributed by atoms with van der Waals surface area (Å²) in [5.74, 6) is -0.0117. The Labute approximate surface area is 168 Å². The summed E-state index contributed by atoms with van der Waals surface area (Å²) >= 11 is 1.37. The number of rotatable bonds is 6. The van der Waals surface area contributed by atoms with Crippen LogP contribution in [0.15, 0.2) is 18.2 Å². The number of thiophene rings is 1. The van der Waals surface area contributed by atoms with Crippen LogP contribution in [0.5, 0.6) is 5.75 Å². The first-order chi connectivity index (χ1) is 13.3. The molecule has 2 heterocycles. The van der Waals surface area contributed by atoms with Crippen LogP contribution in [0.3, 0.4) is 0 Å². The molecule has 0 bridgehead atoms. The molecule has 0 atom stereocenters. The molecule has 148 valence electrons. The number of benzene rings is 1. The molecule has 2 amide bonds. The van der Waals surface area contributed by atoms with Crippen LogP contribution in [0, 0.1) is 20.8 Å². The van der Waals surface area contributed by atoms with Crippen molar-refractivity contribution in [2.75, 3.05) is 11.9 Å². The second-order valence-corrected chi connectivity index (χ2v) is 7.86. The Bertz CT molecular complexity index is 1080. The van der Waals surface area contributed by atoms with Crippen molar-refractivity contribution in [2.45, 2.75) is 41.2 Å². The Morgan fingerprint density at radius 3 is 2.50 bits per heavy atom. The number of hydrogen-bond donors (Lipinski definition) is 2. The van der Waals surface area contributed by atoms with Crippen LogP contribution in [-0.4, -0.2) is 23.0 Å². The summed E-state index contributed by atoms with van der Waals surface area (Å²) in [4.78, 5) is 26.0. The highest BCUT2D eigenvalue weighted by molar-refractivity contribution is 7.16. The van der Waals surface area contributed by atoms with Crippen molar-refractivity contribution in [3.8, 4) is 5.75 Å². The fourth-order valence-corrected chi connectivity index (χ4v) is 4.61. The molecule has 0 radical (unpaired) electrons. The summed E-state index contributed by atoms with van der Waals surface area (Å²) in [6.07, 6.45) is 0. The number of carbonyl (C=O) groups excluding carboxylic acids is 2. The van der Waals surface area contributed by atoms with Gasteiger partial charge in [0.2, 0.25) is 0 Å². The van der Waals surface area contributed by atoms with Gasteiger partial charge in [-0.3, -0.25) is 9.59 Å². The number of amides is 2. The lowest BCUT2D eigenvalue weighted by Crippen LogP contribution is -2.20. The number of primary amides is 1. The molecule has 7 heteroatoms. The van der Waals surface area contributed by atoms with Crippen LogP contribution in [0.2, 0.25) is 0 Å². The van der Waals surface area contributed by atoms with Crippen LogP contribution >= 0.6 is 11.3 Å². The molecule has 28 heavy (non-hydrogen) atoms. The highest BCUT2D eigenvalue weighted by atomic mass is 32.1. The molecule has 0 spiro atoms. The predicted molar refractivity (Wildman–Crippen MR) is 114 cm³/mol. The predicted octanol–water partition coefficient (Wildman–Crippen LogP) is 4.40. The van der Waals surface area contributed by atoms with E-state index in [1.807, 2.05) is 57.4 Å². The van der Waals surface area contributed by atoms with Crippen molar-refractivity contribution >= 4 is 39.1 Å². The Kier molecular flexibility index (Phi) is 5.47. The Morgan fingerprint density at radius 1 is 1.18 bits per heavy atom. The van der Waals surface area contributed by atoms with Gasteiger partial charge in [-0.25, -0.2) is 0 Å². The SMILES string of the molecule is CCOc1ccc2c(c1)c(C)c(C(=O)Nc1sc(C)c(C)c1C(N)=O)n2CC. The number of nitrogens with one attached hydrogen (secondary N) is 1. The number of carbonyl (C=O) groups is 2. The minimum absolute atomic E-state index is 0.253. The monoisotopic (exact) mass is 399 g/mol. The molecule has 0 fully saturated rings. The van der Waals surface area contributed by atoms with E-state index in [0.29, 0.717) is 29.4 Å². The molecule has 0 aliphatic heterocycles. The van der Waals surface area contributed by atoms with Gasteiger partial charge in [0.05, 0.1) is 12.2 Å². The van der Waals surface area contributed by atoms with Crippen LogP contribution in [0.25, 0.3) is 10.9 Å². The second-order valence-electron chi connectivity index (χ2n) is 6.64. The van der Waals surface area contributed by atoms with E-state index >= 15 is 0 Å². The van der Waals surface area contributed by atoms with Crippen molar-refractivity contribution in [3.63, 3.8) is 0 Å². The van der Waals surface area contributed by atoms with Gasteiger partial charge in [0, 0.05) is 22.3 Å². The summed E-state index contributed by atoms with van der Waals surface area (Å²) in [5.41, 5.74) is 9.15. The molecule has 0 unspecified atom stereocenters. The van der Waals surface area contributed by atoms with E-state index in [1.165, 1.54) is 11.3 Å². The van der Waals surface area contributed by atoms with Gasteiger partial charge < -0.3 is 20.4 Å². The van der Waals surface area contributed by atoms with E-state index in [1.54, 1.807) is 0 Å². The summed E-state index contributed by atoms with van der Waals surface area (Å²) in [5, 5.41) is 4.39. The highest BCUT2D eigenvalue weighted by Crippen LogP contribution is 2.34. The number of ether oxygens (including phenoxy) is 1. The first-order valence-corrected chi connectivity index (χ1v) is 10.1. The summed E-state index contributed by atoms with van der Waals surface area (Å²) in [6.45, 7) is 10.8. The molecule has 0 aliphatic carbocycles. The van der Waals surface area contributed by atoms with Crippen LogP contribution in [0.4, 0.5) is 5.00 Å². The fraction of sp³-hybridized carbons (Fsp3) is 0.333. The van der Waals surface area contributed by atoms with Crippen LogP contribution < -0.4 is 15.8 Å². The molecule has 3 rings (SSSR count). The van der Waals surface area contributed by atoms with E-state index in [4.69, 9.17) is 10.5 Å². The van der Waals surface area contributed by atoms with E-state index < -0.39 is 5.91 Å². The van der Waals surface area contributed by atoms with Crippen molar-refractivity contribution < 1.29 is 14.3 Å². The first-order valence-electron chi connectivity index (χ1n) is 9.26. The summed E-state index contributed by atoms with van der Waals surface area (Å²) in [6, 6.07) is 5.85. The lowest BCUT2D eigenvalue weighted by Gasteiger charge is -2.10. The molecule has 0 aliphatic rings. The molecular weight excluding hydrogens is 374 g/mol. The highest BCUT2D eigenvalue weighted by Gasteiger charge is 2.24. The van der Waals surface area contributed by atoms with Crippen molar-refractivity contribution in [2.24, 2.45) is 5.73 Å². The molecule has 0 saturated heterocycles. The Morgan fingerprint density at radius 2 is 1.89 bits per heavy atom. The van der Waals surface area contributed by atoms with Gasteiger partial charge in [-0.05, 0) is 63.9 Å². The zero-order valence-electron chi connectivity index (χ0n) is 16.8. The second kappa shape index (κ2) is 7.67. The fourth-order valence-electron chi connectivity index (χ4n) is 3.55. The van der Waals surface area contributed by atoms with Gasteiger partial charge in [0.1, 0.15) is 16.4 Å². The van der Waals surface area contributed by atoms with Gasteiger partial charge in [-0.1, -0.05) is 0 Å². The smallest absolute Gasteiger partial charge is 0.273 e. The molecule has 0 saturated carbocycles. The molecule has 6 nitrogen and oxygen atoms in total. The number of nitrogens with zero attached hydrogens (tertiary/aromatic N) is 1. The number of fused-ring (bicyclic) bond motifs is 1.